The largest absolute Gasteiger partial charge is 0.454 e. The van der Waals surface area contributed by atoms with Gasteiger partial charge in [-0.2, -0.15) is 15.0 Å². The predicted octanol–water partition coefficient (Wildman–Crippen LogP) is 2.34. The molecule has 1 fully saturated rings. The normalized spacial score (nSPS) is 13.3. The van der Waals surface area contributed by atoms with Crippen molar-refractivity contribution in [1.82, 2.24) is 19.9 Å². The van der Waals surface area contributed by atoms with Gasteiger partial charge < -0.3 is 15.8 Å². The van der Waals surface area contributed by atoms with Crippen LogP contribution >= 0.6 is 0 Å². The second-order valence-corrected chi connectivity index (χ2v) is 7.21. The van der Waals surface area contributed by atoms with Crippen molar-refractivity contribution in [3.8, 4) is 0 Å². The van der Waals surface area contributed by atoms with Crippen molar-refractivity contribution in [1.29, 1.82) is 0 Å². The molecule has 11 heteroatoms. The maximum Gasteiger partial charge on any atom is 0.338 e. The third kappa shape index (κ3) is 5.45. The number of nitrogens with zero attached hydrogens (tertiary/aromatic N) is 4. The van der Waals surface area contributed by atoms with Gasteiger partial charge in [-0.3, -0.25) is 14.5 Å². The number of halogens is 1. The van der Waals surface area contributed by atoms with E-state index in [1.165, 1.54) is 29.2 Å². The minimum absolute atomic E-state index is 0.0731. The third-order valence-corrected chi connectivity index (χ3v) is 4.82. The van der Waals surface area contributed by atoms with Crippen molar-refractivity contribution in [2.45, 2.75) is 26.0 Å². The zero-order valence-electron chi connectivity index (χ0n) is 17.3. The summed E-state index contributed by atoms with van der Waals surface area (Å²) >= 11 is 0. The fourth-order valence-corrected chi connectivity index (χ4v) is 3.16. The van der Waals surface area contributed by atoms with Crippen LogP contribution in [0.4, 0.5) is 22.0 Å². The second-order valence-electron chi connectivity index (χ2n) is 7.21. The first kappa shape index (κ1) is 21.8. The number of nitrogens with one attached hydrogen (secondary N) is 1. The Bertz CT molecular complexity index is 1180. The number of anilines is 3. The van der Waals surface area contributed by atoms with Crippen LogP contribution in [0.5, 0.6) is 0 Å². The SMILES string of the molecule is Nc1nc(COC(=O)c2ccc(CN3C(=O)CCC3=O)cc2)nc(Nc2ccc(F)cc2)n1. The summed E-state index contributed by atoms with van der Waals surface area (Å²) in [5.74, 6) is -1.22. The highest BCUT2D eigenvalue weighted by atomic mass is 19.1. The monoisotopic (exact) mass is 450 g/mol. The van der Waals surface area contributed by atoms with Gasteiger partial charge in [-0.15, -0.1) is 0 Å². The van der Waals surface area contributed by atoms with E-state index in [1.807, 2.05) is 0 Å². The molecule has 0 radical (unpaired) electrons. The van der Waals surface area contributed by atoms with Crippen molar-refractivity contribution < 1.29 is 23.5 Å². The molecule has 2 aromatic carbocycles. The highest BCUT2D eigenvalue weighted by Crippen LogP contribution is 2.17. The number of hydrogen-bond donors (Lipinski definition) is 2. The maximum absolute atomic E-state index is 13.0. The summed E-state index contributed by atoms with van der Waals surface area (Å²) in [5, 5.41) is 2.87. The van der Waals surface area contributed by atoms with Crippen molar-refractivity contribution >= 4 is 35.4 Å². The zero-order chi connectivity index (χ0) is 23.4. The van der Waals surface area contributed by atoms with Gasteiger partial charge in [-0.05, 0) is 42.0 Å². The number of esters is 1. The Morgan fingerprint density at radius 2 is 1.67 bits per heavy atom. The van der Waals surface area contributed by atoms with Crippen LogP contribution in [0.2, 0.25) is 0 Å². The third-order valence-electron chi connectivity index (χ3n) is 4.82. The van der Waals surface area contributed by atoms with E-state index in [2.05, 4.69) is 20.3 Å². The average molecular weight is 450 g/mol. The highest BCUT2D eigenvalue weighted by molar-refractivity contribution is 6.01. The summed E-state index contributed by atoms with van der Waals surface area (Å²) in [6.45, 7) is -0.0802. The molecule has 10 nitrogen and oxygen atoms in total. The van der Waals surface area contributed by atoms with E-state index < -0.39 is 5.97 Å². The highest BCUT2D eigenvalue weighted by Gasteiger charge is 2.28. The number of nitrogens with two attached hydrogens (primary N) is 1. The standard InChI is InChI=1S/C22H19FN6O4/c23-15-5-7-16(8-6-15)25-22-27-17(26-21(24)28-22)12-33-20(32)14-3-1-13(2-4-14)11-29-18(30)9-10-19(29)31/h1-8H,9-12H2,(H3,24,25,26,27,28). The molecule has 4 rings (SSSR count). The Hall–Kier alpha value is -4.41. The smallest absolute Gasteiger partial charge is 0.338 e. The van der Waals surface area contributed by atoms with Crippen LogP contribution in [0, 0.1) is 5.82 Å². The molecule has 0 bridgehead atoms. The fourth-order valence-electron chi connectivity index (χ4n) is 3.16. The molecule has 0 saturated carbocycles. The fraction of sp³-hybridized carbons (Fsp3) is 0.182. The van der Waals surface area contributed by atoms with E-state index in [9.17, 15) is 18.8 Å². The Kier molecular flexibility index (Phi) is 6.20. The number of ether oxygens (including phenoxy) is 1. The average Bonchev–Trinajstić information content (AvgIpc) is 3.11. The van der Waals surface area contributed by atoms with Gasteiger partial charge in [0.15, 0.2) is 12.4 Å². The van der Waals surface area contributed by atoms with Crippen LogP contribution < -0.4 is 11.1 Å². The number of hydrogen-bond acceptors (Lipinski definition) is 9. The molecular weight excluding hydrogens is 431 g/mol. The minimum Gasteiger partial charge on any atom is -0.454 e. The molecule has 1 aliphatic rings. The van der Waals surface area contributed by atoms with E-state index in [1.54, 1.807) is 24.3 Å². The molecule has 1 aliphatic heterocycles. The van der Waals surface area contributed by atoms with Crippen molar-refractivity contribution in [3.63, 3.8) is 0 Å². The van der Waals surface area contributed by atoms with Gasteiger partial charge in [-0.1, -0.05) is 12.1 Å². The summed E-state index contributed by atoms with van der Waals surface area (Å²) in [5.41, 5.74) is 7.25. The molecule has 2 amide bonds. The van der Waals surface area contributed by atoms with E-state index in [4.69, 9.17) is 10.5 Å². The van der Waals surface area contributed by atoms with Crippen molar-refractivity contribution in [3.05, 3.63) is 71.3 Å². The Labute approximate surface area is 187 Å². The summed E-state index contributed by atoms with van der Waals surface area (Å²) < 4.78 is 18.3. The quantitative estimate of drug-likeness (QED) is 0.410. The molecule has 0 spiro atoms. The first-order valence-electron chi connectivity index (χ1n) is 9.99. The summed E-state index contributed by atoms with van der Waals surface area (Å²) in [4.78, 5) is 49.1. The molecule has 2 heterocycles. The van der Waals surface area contributed by atoms with Gasteiger partial charge in [0.2, 0.25) is 23.7 Å². The minimum atomic E-state index is -0.609. The lowest BCUT2D eigenvalue weighted by molar-refractivity contribution is -0.139. The number of benzene rings is 2. The van der Waals surface area contributed by atoms with Gasteiger partial charge in [0.25, 0.3) is 0 Å². The number of amides is 2. The van der Waals surface area contributed by atoms with Gasteiger partial charge >= 0.3 is 5.97 Å². The molecular formula is C22H19FN6O4. The molecule has 0 aliphatic carbocycles. The molecule has 0 atom stereocenters. The summed E-state index contributed by atoms with van der Waals surface area (Å²) in [7, 11) is 0. The number of aromatic nitrogens is 3. The lowest BCUT2D eigenvalue weighted by Crippen LogP contribution is -2.28. The van der Waals surface area contributed by atoms with Crippen LogP contribution in [0.15, 0.2) is 48.5 Å². The van der Waals surface area contributed by atoms with Crippen LogP contribution in [0.3, 0.4) is 0 Å². The number of carbonyl (C=O) groups excluding carboxylic acids is 3. The summed E-state index contributed by atoms with van der Waals surface area (Å²) in [6, 6.07) is 12.0. The molecule has 168 valence electrons. The van der Waals surface area contributed by atoms with Gasteiger partial charge in [0.1, 0.15) is 5.82 Å². The zero-order valence-corrected chi connectivity index (χ0v) is 17.3. The Balaban J connectivity index is 1.36. The molecule has 3 N–H and O–H groups in total. The van der Waals surface area contributed by atoms with E-state index in [0.29, 0.717) is 5.69 Å². The van der Waals surface area contributed by atoms with Crippen molar-refractivity contribution in [2.75, 3.05) is 11.1 Å². The Morgan fingerprint density at radius 1 is 1.00 bits per heavy atom. The van der Waals surface area contributed by atoms with Crippen LogP contribution in [-0.2, 0) is 27.5 Å². The molecule has 1 aromatic heterocycles. The molecule has 33 heavy (non-hydrogen) atoms. The first-order valence-corrected chi connectivity index (χ1v) is 9.99. The molecule has 0 unspecified atom stereocenters. The molecule has 1 saturated heterocycles. The lowest BCUT2D eigenvalue weighted by Gasteiger charge is -2.13. The second kappa shape index (κ2) is 9.39. The number of nitrogen functional groups attached to an aromatic ring is 1. The number of carbonyl (C=O) groups is 3. The van der Waals surface area contributed by atoms with Gasteiger partial charge in [-0.25, -0.2) is 9.18 Å². The lowest BCUT2D eigenvalue weighted by atomic mass is 10.1. The van der Waals surface area contributed by atoms with Crippen molar-refractivity contribution in [2.24, 2.45) is 0 Å². The number of imide groups is 1. The number of rotatable bonds is 7. The number of likely N-dealkylation sites (tertiary alicyclic amines) is 1. The van der Waals surface area contributed by atoms with Crippen LogP contribution in [0.1, 0.15) is 34.6 Å². The Morgan fingerprint density at radius 3 is 2.33 bits per heavy atom. The van der Waals surface area contributed by atoms with Crippen LogP contribution in [0.25, 0.3) is 0 Å². The first-order chi connectivity index (χ1) is 15.9. The van der Waals surface area contributed by atoms with E-state index >= 15 is 0 Å². The van der Waals surface area contributed by atoms with E-state index in [-0.39, 0.29) is 66.9 Å². The maximum atomic E-state index is 13.0. The van der Waals surface area contributed by atoms with Gasteiger partial charge in [0.05, 0.1) is 12.1 Å². The predicted molar refractivity (Wildman–Crippen MR) is 114 cm³/mol. The summed E-state index contributed by atoms with van der Waals surface area (Å²) in [6.07, 6.45) is 0.456. The van der Waals surface area contributed by atoms with Crippen LogP contribution in [-0.4, -0.2) is 37.6 Å². The topological polar surface area (TPSA) is 140 Å². The van der Waals surface area contributed by atoms with E-state index in [0.717, 1.165) is 5.56 Å². The molecule has 3 aromatic rings. The van der Waals surface area contributed by atoms with Gasteiger partial charge in [0, 0.05) is 18.5 Å².